The van der Waals surface area contributed by atoms with Crippen molar-refractivity contribution in [2.45, 2.75) is 37.0 Å². The summed E-state index contributed by atoms with van der Waals surface area (Å²) in [5, 5.41) is 13.4. The second-order valence-corrected chi connectivity index (χ2v) is 8.49. The molecule has 178 valence electrons. The minimum Gasteiger partial charge on any atom is -0.376 e. The van der Waals surface area contributed by atoms with E-state index in [1.54, 1.807) is 30.3 Å². The molecule has 34 heavy (non-hydrogen) atoms. The lowest BCUT2D eigenvalue weighted by atomic mass is 10.1. The van der Waals surface area contributed by atoms with Gasteiger partial charge in [-0.3, -0.25) is 19.8 Å². The number of carbonyl (C=O) groups excluding carboxylic acids is 3. The first kappa shape index (κ1) is 23.3. The van der Waals surface area contributed by atoms with Crippen molar-refractivity contribution in [1.29, 1.82) is 5.41 Å². The fourth-order valence-electron chi connectivity index (χ4n) is 4.37. The highest BCUT2D eigenvalue weighted by atomic mass is 19.2. The Labute approximate surface area is 195 Å². The summed E-state index contributed by atoms with van der Waals surface area (Å²) in [7, 11) is 0. The van der Waals surface area contributed by atoms with Crippen molar-refractivity contribution in [3.63, 3.8) is 0 Å². The van der Waals surface area contributed by atoms with Gasteiger partial charge in [-0.25, -0.2) is 8.78 Å². The zero-order valence-electron chi connectivity index (χ0n) is 18.3. The van der Waals surface area contributed by atoms with Gasteiger partial charge >= 0.3 is 0 Å². The molecule has 8 nitrogen and oxygen atoms in total. The summed E-state index contributed by atoms with van der Waals surface area (Å²) in [4.78, 5) is 38.5. The van der Waals surface area contributed by atoms with E-state index >= 15 is 4.39 Å². The summed E-state index contributed by atoms with van der Waals surface area (Å²) < 4.78 is 29.1. The molecule has 1 heterocycles. The van der Waals surface area contributed by atoms with Gasteiger partial charge in [0, 0.05) is 29.8 Å². The number of alkyl halides is 1. The molecule has 0 bridgehead atoms. The van der Waals surface area contributed by atoms with Crippen LogP contribution in [0.1, 0.15) is 30.4 Å². The Kier molecular flexibility index (Phi) is 6.32. The second-order valence-electron chi connectivity index (χ2n) is 8.49. The first-order chi connectivity index (χ1) is 16.2. The highest BCUT2D eigenvalue weighted by molar-refractivity contribution is 6.44. The molecule has 5 N–H and O–H groups in total. The highest BCUT2D eigenvalue weighted by Gasteiger charge is 2.59. The van der Waals surface area contributed by atoms with Gasteiger partial charge in [0.15, 0.2) is 5.67 Å². The maximum Gasteiger partial charge on any atom is 0.267 e. The Balaban J connectivity index is 1.37. The van der Waals surface area contributed by atoms with Gasteiger partial charge in [-0.1, -0.05) is 36.4 Å². The zero-order valence-corrected chi connectivity index (χ0v) is 18.3. The molecule has 1 saturated heterocycles. The van der Waals surface area contributed by atoms with E-state index in [0.717, 1.165) is 0 Å². The zero-order chi connectivity index (χ0) is 24.5. The normalized spacial score (nSPS) is 23.3. The fraction of sp³-hybridized carbons (Fsp3) is 0.333. The largest absolute Gasteiger partial charge is 0.376 e. The van der Waals surface area contributed by atoms with E-state index in [4.69, 9.17) is 11.1 Å². The van der Waals surface area contributed by atoms with E-state index in [1.165, 1.54) is 23.1 Å². The number of primary amides is 1. The number of para-hydroxylation sites is 1. The maximum absolute atomic E-state index is 15.1. The molecule has 1 saturated carbocycles. The van der Waals surface area contributed by atoms with Crippen LogP contribution in [0.5, 0.6) is 0 Å². The van der Waals surface area contributed by atoms with Crippen molar-refractivity contribution in [3.05, 3.63) is 65.5 Å². The molecule has 2 aromatic rings. The second kappa shape index (κ2) is 9.20. The summed E-state index contributed by atoms with van der Waals surface area (Å²) in [6, 6.07) is 10.5. The van der Waals surface area contributed by atoms with Crippen molar-refractivity contribution in [2.75, 3.05) is 18.4 Å². The molecule has 1 aliphatic heterocycles. The Morgan fingerprint density at radius 3 is 2.59 bits per heavy atom. The third-order valence-corrected chi connectivity index (χ3v) is 6.28. The number of nitrogens with zero attached hydrogens (tertiary/aromatic N) is 1. The average Bonchev–Trinajstić information content (AvgIpc) is 3.22. The van der Waals surface area contributed by atoms with Crippen molar-refractivity contribution >= 4 is 29.1 Å². The van der Waals surface area contributed by atoms with E-state index in [0.29, 0.717) is 25.1 Å². The van der Waals surface area contributed by atoms with Crippen LogP contribution in [0.15, 0.2) is 48.5 Å². The van der Waals surface area contributed by atoms with Gasteiger partial charge in [0.2, 0.25) is 11.8 Å². The number of likely N-dealkylation sites (tertiary alicyclic amines) is 1. The molecule has 0 radical (unpaired) electrons. The summed E-state index contributed by atoms with van der Waals surface area (Å²) in [5.74, 6) is -2.37. The predicted molar refractivity (Wildman–Crippen MR) is 121 cm³/mol. The standard InChI is InChI=1S/C24H25F2N5O3/c25-16-8-3-2-7-15(16)24(26)12-19(24)30-23(34)18-10-5-11-31(18)20(32)13-29-17-9-4-1-6-14(17)21(27)22(28)33/h1-4,6-9,18-19,27,29H,5,10-13H2,(H2,28,33)(H,30,34)/t18-,19?,24?/m0/s1. The SMILES string of the molecule is N=C(C(N)=O)c1ccccc1NCC(=O)N1CCC[C@H]1C(=O)NC1CC1(F)c1ccccc1F. The Bertz CT molecular complexity index is 1160. The molecule has 3 atom stereocenters. The number of nitrogens with two attached hydrogens (primary N) is 1. The Morgan fingerprint density at radius 2 is 1.85 bits per heavy atom. The Morgan fingerprint density at radius 1 is 1.15 bits per heavy atom. The van der Waals surface area contributed by atoms with E-state index in [1.807, 2.05) is 0 Å². The van der Waals surface area contributed by atoms with Crippen LogP contribution in [0.3, 0.4) is 0 Å². The number of nitrogens with one attached hydrogen (secondary N) is 3. The smallest absolute Gasteiger partial charge is 0.267 e. The first-order valence-corrected chi connectivity index (χ1v) is 11.0. The summed E-state index contributed by atoms with van der Waals surface area (Å²) in [6.07, 6.45) is 1.03. The lowest BCUT2D eigenvalue weighted by Crippen LogP contribution is -2.48. The predicted octanol–water partition coefficient (Wildman–Crippen LogP) is 1.84. The lowest BCUT2D eigenvalue weighted by molar-refractivity contribution is -0.137. The molecular weight excluding hydrogens is 444 g/mol. The van der Waals surface area contributed by atoms with Crippen molar-refractivity contribution in [2.24, 2.45) is 5.73 Å². The molecule has 2 unspecified atom stereocenters. The Hall–Kier alpha value is -3.82. The van der Waals surface area contributed by atoms with Gasteiger partial charge in [0.1, 0.15) is 17.6 Å². The number of benzene rings is 2. The average molecular weight is 469 g/mol. The monoisotopic (exact) mass is 469 g/mol. The summed E-state index contributed by atoms with van der Waals surface area (Å²) in [6.45, 7) is 0.203. The van der Waals surface area contributed by atoms with Crippen LogP contribution in [0.2, 0.25) is 0 Å². The van der Waals surface area contributed by atoms with Crippen LogP contribution in [-0.2, 0) is 20.1 Å². The van der Waals surface area contributed by atoms with Gasteiger partial charge in [-0.2, -0.15) is 0 Å². The number of halogens is 2. The molecule has 0 spiro atoms. The van der Waals surface area contributed by atoms with E-state index < -0.39 is 35.4 Å². The van der Waals surface area contributed by atoms with Crippen LogP contribution < -0.4 is 16.4 Å². The van der Waals surface area contributed by atoms with Gasteiger partial charge in [-0.15, -0.1) is 0 Å². The molecule has 2 aromatic carbocycles. The third-order valence-electron chi connectivity index (χ3n) is 6.28. The van der Waals surface area contributed by atoms with Gasteiger partial charge in [0.25, 0.3) is 5.91 Å². The van der Waals surface area contributed by atoms with Crippen LogP contribution in [-0.4, -0.2) is 53.5 Å². The van der Waals surface area contributed by atoms with Gasteiger partial charge < -0.3 is 21.3 Å². The van der Waals surface area contributed by atoms with E-state index in [-0.39, 0.29) is 35.7 Å². The minimum atomic E-state index is -1.95. The van der Waals surface area contributed by atoms with Crippen LogP contribution in [0.25, 0.3) is 0 Å². The molecule has 1 aliphatic carbocycles. The number of carbonyl (C=O) groups is 3. The number of anilines is 1. The summed E-state index contributed by atoms with van der Waals surface area (Å²) in [5.41, 5.74) is 3.43. The first-order valence-electron chi connectivity index (χ1n) is 11.0. The number of hydrogen-bond donors (Lipinski definition) is 4. The molecule has 2 fully saturated rings. The number of hydrogen-bond acceptors (Lipinski definition) is 5. The van der Waals surface area contributed by atoms with Crippen LogP contribution in [0.4, 0.5) is 14.5 Å². The molecule has 10 heteroatoms. The highest BCUT2D eigenvalue weighted by Crippen LogP contribution is 2.50. The molecule has 4 rings (SSSR count). The van der Waals surface area contributed by atoms with Crippen LogP contribution >= 0.6 is 0 Å². The minimum absolute atomic E-state index is 0.0233. The number of amides is 3. The molecule has 3 amide bonds. The molecule has 2 aliphatic rings. The summed E-state index contributed by atoms with van der Waals surface area (Å²) >= 11 is 0. The van der Waals surface area contributed by atoms with Crippen molar-refractivity contribution in [3.8, 4) is 0 Å². The van der Waals surface area contributed by atoms with E-state index in [2.05, 4.69) is 10.6 Å². The lowest BCUT2D eigenvalue weighted by Gasteiger charge is -2.25. The van der Waals surface area contributed by atoms with Gasteiger partial charge in [0.05, 0.1) is 12.6 Å². The van der Waals surface area contributed by atoms with Crippen molar-refractivity contribution < 1.29 is 23.2 Å². The van der Waals surface area contributed by atoms with Gasteiger partial charge in [-0.05, 0) is 25.0 Å². The topological polar surface area (TPSA) is 128 Å². The quantitative estimate of drug-likeness (QED) is 0.440. The third kappa shape index (κ3) is 4.48. The number of rotatable bonds is 8. The van der Waals surface area contributed by atoms with E-state index in [9.17, 15) is 18.8 Å². The molecule has 0 aromatic heterocycles. The van der Waals surface area contributed by atoms with Crippen LogP contribution in [0, 0.1) is 11.2 Å². The molecular formula is C24H25F2N5O3. The van der Waals surface area contributed by atoms with Crippen molar-refractivity contribution in [1.82, 2.24) is 10.2 Å². The maximum atomic E-state index is 15.1. The fourth-order valence-corrected chi connectivity index (χ4v) is 4.37.